The molecule has 3 aromatic rings. The van der Waals surface area contributed by atoms with Crippen molar-refractivity contribution in [1.82, 2.24) is 0 Å². The number of hydrogen-bond acceptors (Lipinski definition) is 4. The molecule has 2 N–H and O–H groups in total. The highest BCUT2D eigenvalue weighted by Crippen LogP contribution is 2.51. The predicted octanol–water partition coefficient (Wildman–Crippen LogP) is 5.78. The van der Waals surface area contributed by atoms with Gasteiger partial charge in [-0.2, -0.15) is 13.2 Å². The maximum atomic E-state index is 13.4. The molecule has 2 aliphatic rings. The summed E-state index contributed by atoms with van der Waals surface area (Å²) in [6.07, 6.45) is -3.41. The number of amides is 1. The molecule has 5 rings (SSSR count). The molecule has 0 spiro atoms. The standard InChI is InChI=1S/C26H20F3NO5/c1-14-2-4-19(12-20(14)15-8-16(23(31)32)10-18(9-15)26(27,28)29)30-24(33)25(6-7-25)17-3-5-21-22(11-17)35-13-34-21/h2-5,8-12H,6-7,13H2,1H3,(H,30,33)(H,31,32). The summed E-state index contributed by atoms with van der Waals surface area (Å²) in [6, 6.07) is 13.0. The molecule has 9 heteroatoms. The average molecular weight is 483 g/mol. The fourth-order valence-electron chi connectivity index (χ4n) is 4.30. The highest BCUT2D eigenvalue weighted by molar-refractivity contribution is 6.02. The Morgan fingerprint density at radius 2 is 1.71 bits per heavy atom. The van der Waals surface area contributed by atoms with E-state index < -0.39 is 28.7 Å². The van der Waals surface area contributed by atoms with Gasteiger partial charge in [0.2, 0.25) is 12.7 Å². The third-order valence-electron chi connectivity index (χ3n) is 6.42. The highest BCUT2D eigenvalue weighted by Gasteiger charge is 2.51. The number of aryl methyl sites for hydroxylation is 1. The molecule has 0 radical (unpaired) electrons. The highest BCUT2D eigenvalue weighted by atomic mass is 19.4. The van der Waals surface area contributed by atoms with Gasteiger partial charge in [0.15, 0.2) is 11.5 Å². The van der Waals surface area contributed by atoms with Gasteiger partial charge in [-0.25, -0.2) is 4.79 Å². The number of rotatable bonds is 5. The van der Waals surface area contributed by atoms with Crippen LogP contribution in [-0.2, 0) is 16.4 Å². The number of aromatic carboxylic acids is 1. The molecule has 1 aliphatic carbocycles. The molecular formula is C26H20F3NO5. The smallest absolute Gasteiger partial charge is 0.416 e. The van der Waals surface area contributed by atoms with Crippen LogP contribution in [0.3, 0.4) is 0 Å². The monoisotopic (exact) mass is 483 g/mol. The van der Waals surface area contributed by atoms with Crippen molar-refractivity contribution < 1.29 is 37.3 Å². The summed E-state index contributed by atoms with van der Waals surface area (Å²) in [4.78, 5) is 24.7. The van der Waals surface area contributed by atoms with Gasteiger partial charge in [-0.3, -0.25) is 4.79 Å². The van der Waals surface area contributed by atoms with Gasteiger partial charge in [-0.15, -0.1) is 0 Å². The van der Waals surface area contributed by atoms with Gasteiger partial charge in [-0.05, 0) is 84.5 Å². The number of alkyl halides is 3. The van der Waals surface area contributed by atoms with E-state index in [9.17, 15) is 27.9 Å². The first-order valence-electron chi connectivity index (χ1n) is 10.8. The van der Waals surface area contributed by atoms with Gasteiger partial charge < -0.3 is 19.9 Å². The van der Waals surface area contributed by atoms with Crippen molar-refractivity contribution in [2.45, 2.75) is 31.4 Å². The van der Waals surface area contributed by atoms with Crippen molar-refractivity contribution >= 4 is 17.6 Å². The number of nitrogens with one attached hydrogen (secondary N) is 1. The zero-order valence-electron chi connectivity index (χ0n) is 18.5. The number of carbonyl (C=O) groups is 2. The molecule has 0 aromatic heterocycles. The summed E-state index contributed by atoms with van der Waals surface area (Å²) >= 11 is 0. The summed E-state index contributed by atoms with van der Waals surface area (Å²) in [6.45, 7) is 1.83. The van der Waals surface area contributed by atoms with Crippen LogP contribution in [0.25, 0.3) is 11.1 Å². The topological polar surface area (TPSA) is 84.9 Å². The number of carbonyl (C=O) groups excluding carboxylic acids is 1. The normalized spacial score (nSPS) is 15.5. The summed E-state index contributed by atoms with van der Waals surface area (Å²) in [5.74, 6) is -0.492. The summed E-state index contributed by atoms with van der Waals surface area (Å²) < 4.78 is 50.9. The van der Waals surface area contributed by atoms with E-state index in [1.807, 2.05) is 6.07 Å². The number of hydrogen-bond donors (Lipinski definition) is 2. The molecule has 0 saturated heterocycles. The number of carboxylic acids is 1. The van der Waals surface area contributed by atoms with E-state index in [0.717, 1.165) is 11.6 Å². The lowest BCUT2D eigenvalue weighted by Gasteiger charge is -2.18. The van der Waals surface area contributed by atoms with Gasteiger partial charge in [0.1, 0.15) is 0 Å². The SMILES string of the molecule is Cc1ccc(NC(=O)C2(c3ccc4c(c3)OCO4)CC2)cc1-c1cc(C(=O)O)cc(C(F)(F)F)c1. The number of carboxylic acid groups (broad SMARTS) is 1. The van der Waals surface area contributed by atoms with E-state index in [0.29, 0.717) is 47.2 Å². The first-order valence-corrected chi connectivity index (χ1v) is 10.8. The minimum Gasteiger partial charge on any atom is -0.478 e. The quantitative estimate of drug-likeness (QED) is 0.481. The lowest BCUT2D eigenvalue weighted by Crippen LogP contribution is -2.27. The number of ether oxygens (including phenoxy) is 2. The van der Waals surface area contributed by atoms with Crippen molar-refractivity contribution in [2.75, 3.05) is 12.1 Å². The molecule has 35 heavy (non-hydrogen) atoms. The van der Waals surface area contributed by atoms with Gasteiger partial charge in [0.25, 0.3) is 0 Å². The Morgan fingerprint density at radius 1 is 0.971 bits per heavy atom. The van der Waals surface area contributed by atoms with Crippen molar-refractivity contribution in [3.63, 3.8) is 0 Å². The van der Waals surface area contributed by atoms with Crippen LogP contribution in [0.1, 0.15) is 39.9 Å². The van der Waals surface area contributed by atoms with Crippen LogP contribution in [0, 0.1) is 6.92 Å². The Kier molecular flexibility index (Phi) is 5.23. The first kappa shape index (κ1) is 22.8. The Hall–Kier alpha value is -4.01. The maximum Gasteiger partial charge on any atom is 0.416 e. The van der Waals surface area contributed by atoms with Crippen LogP contribution in [0.15, 0.2) is 54.6 Å². The Labute approximate surface area is 198 Å². The average Bonchev–Trinajstić information content (AvgIpc) is 3.50. The van der Waals surface area contributed by atoms with Crippen LogP contribution in [0.2, 0.25) is 0 Å². The molecule has 0 atom stereocenters. The molecular weight excluding hydrogens is 463 g/mol. The second-order valence-electron chi connectivity index (χ2n) is 8.74. The van der Waals surface area contributed by atoms with Crippen LogP contribution < -0.4 is 14.8 Å². The Morgan fingerprint density at radius 3 is 2.40 bits per heavy atom. The zero-order valence-corrected chi connectivity index (χ0v) is 18.5. The molecule has 0 bridgehead atoms. The minimum atomic E-state index is -4.71. The third-order valence-corrected chi connectivity index (χ3v) is 6.42. The zero-order chi connectivity index (χ0) is 25.0. The van der Waals surface area contributed by atoms with Crippen LogP contribution in [0.4, 0.5) is 18.9 Å². The van der Waals surface area contributed by atoms with Gasteiger partial charge >= 0.3 is 12.1 Å². The molecule has 1 amide bonds. The van der Waals surface area contributed by atoms with E-state index >= 15 is 0 Å². The van der Waals surface area contributed by atoms with Crippen LogP contribution >= 0.6 is 0 Å². The molecule has 1 fully saturated rings. The van der Waals surface area contributed by atoms with E-state index in [-0.39, 0.29) is 18.3 Å². The van der Waals surface area contributed by atoms with E-state index in [4.69, 9.17) is 9.47 Å². The number of anilines is 1. The minimum absolute atomic E-state index is 0.0998. The summed E-state index contributed by atoms with van der Waals surface area (Å²) in [5, 5.41) is 12.2. The lowest BCUT2D eigenvalue weighted by atomic mass is 9.93. The second-order valence-corrected chi connectivity index (χ2v) is 8.74. The van der Waals surface area contributed by atoms with Gasteiger partial charge in [0.05, 0.1) is 16.5 Å². The van der Waals surface area contributed by atoms with Crippen molar-refractivity contribution in [1.29, 1.82) is 0 Å². The fraction of sp³-hybridized carbons (Fsp3) is 0.231. The summed E-state index contributed by atoms with van der Waals surface area (Å²) in [5.41, 5.74) is 0.0816. The molecule has 1 heterocycles. The van der Waals surface area contributed by atoms with Crippen LogP contribution in [0.5, 0.6) is 11.5 Å². The van der Waals surface area contributed by atoms with Gasteiger partial charge in [-0.1, -0.05) is 12.1 Å². The first-order chi connectivity index (χ1) is 16.6. The summed E-state index contributed by atoms with van der Waals surface area (Å²) in [7, 11) is 0. The third kappa shape index (κ3) is 4.18. The molecule has 3 aromatic carbocycles. The second kappa shape index (κ2) is 8.04. The number of benzene rings is 3. The molecule has 1 saturated carbocycles. The number of halogens is 3. The van der Waals surface area contributed by atoms with Gasteiger partial charge in [0, 0.05) is 5.69 Å². The maximum absolute atomic E-state index is 13.4. The largest absolute Gasteiger partial charge is 0.478 e. The predicted molar refractivity (Wildman–Crippen MR) is 121 cm³/mol. The van der Waals surface area contributed by atoms with Crippen molar-refractivity contribution in [2.24, 2.45) is 0 Å². The Balaban J connectivity index is 1.46. The van der Waals surface area contributed by atoms with Crippen molar-refractivity contribution in [3.05, 3.63) is 76.9 Å². The molecule has 180 valence electrons. The van der Waals surface area contributed by atoms with E-state index in [1.54, 1.807) is 37.3 Å². The van der Waals surface area contributed by atoms with Crippen molar-refractivity contribution in [3.8, 4) is 22.6 Å². The Bertz CT molecular complexity index is 1360. The van der Waals surface area contributed by atoms with E-state index in [2.05, 4.69) is 5.32 Å². The molecule has 6 nitrogen and oxygen atoms in total. The number of fused-ring (bicyclic) bond motifs is 1. The van der Waals surface area contributed by atoms with Crippen LogP contribution in [-0.4, -0.2) is 23.8 Å². The van der Waals surface area contributed by atoms with E-state index in [1.165, 1.54) is 6.07 Å². The molecule has 1 aliphatic heterocycles. The lowest BCUT2D eigenvalue weighted by molar-refractivity contribution is -0.137. The molecule has 0 unspecified atom stereocenters. The fourth-order valence-corrected chi connectivity index (χ4v) is 4.30.